The van der Waals surface area contributed by atoms with Gasteiger partial charge in [-0.2, -0.15) is 4.98 Å². The van der Waals surface area contributed by atoms with Crippen molar-refractivity contribution in [2.24, 2.45) is 11.7 Å². The fourth-order valence-corrected chi connectivity index (χ4v) is 3.10. The molecule has 1 aromatic carbocycles. The topological polar surface area (TPSA) is 94.5 Å². The van der Waals surface area contributed by atoms with Gasteiger partial charge in [0.2, 0.25) is 11.7 Å². The molecule has 1 aliphatic rings. The largest absolute Gasteiger partial charge is 0.485 e. The number of aryl methyl sites for hydroxylation is 1. The van der Waals surface area contributed by atoms with Crippen LogP contribution in [0.4, 0.5) is 0 Å². The maximum atomic E-state index is 12.7. The predicted molar refractivity (Wildman–Crippen MR) is 99.4 cm³/mol. The van der Waals surface area contributed by atoms with Crippen molar-refractivity contribution in [3.63, 3.8) is 0 Å². The van der Waals surface area contributed by atoms with E-state index in [2.05, 4.69) is 17.1 Å². The number of hydrogen-bond acceptors (Lipinski definition) is 6. The van der Waals surface area contributed by atoms with E-state index in [1.807, 2.05) is 11.8 Å². The average molecular weight is 381 g/mol. The summed E-state index contributed by atoms with van der Waals surface area (Å²) >= 11 is 0. The Morgan fingerprint density at radius 1 is 1.38 bits per heavy atom. The molecule has 1 aliphatic heterocycles. The van der Waals surface area contributed by atoms with Crippen LogP contribution in [0.5, 0.6) is 5.75 Å². The molecule has 2 unspecified atom stereocenters. The number of carbonyl (C=O) groups is 1. The molecule has 2 heterocycles. The highest BCUT2D eigenvalue weighted by molar-refractivity contribution is 5.94. The first-order valence-corrected chi connectivity index (χ1v) is 8.66. The van der Waals surface area contributed by atoms with E-state index in [0.29, 0.717) is 41.9 Å². The number of hydrogen-bond donors (Lipinski definition) is 1. The SMILES string of the molecule is CCc1nc(COc2ccc(C(=O)N3CC(CN)CC3C)cc2)no1.Cl. The first-order valence-electron chi connectivity index (χ1n) is 8.66. The second-order valence-electron chi connectivity index (χ2n) is 6.41. The maximum Gasteiger partial charge on any atom is 0.254 e. The third-order valence-corrected chi connectivity index (χ3v) is 4.54. The summed E-state index contributed by atoms with van der Waals surface area (Å²) in [5, 5.41) is 3.84. The van der Waals surface area contributed by atoms with E-state index in [-0.39, 0.29) is 31.0 Å². The highest BCUT2D eigenvalue weighted by atomic mass is 35.5. The van der Waals surface area contributed by atoms with Crippen LogP contribution in [0, 0.1) is 5.92 Å². The Morgan fingerprint density at radius 2 is 2.12 bits per heavy atom. The molecule has 142 valence electrons. The Kier molecular flexibility index (Phi) is 6.99. The molecule has 1 saturated heterocycles. The summed E-state index contributed by atoms with van der Waals surface area (Å²) in [5.74, 6) is 2.20. The Bertz CT molecular complexity index is 719. The summed E-state index contributed by atoms with van der Waals surface area (Å²) < 4.78 is 10.7. The monoisotopic (exact) mass is 380 g/mol. The number of halogens is 1. The maximum absolute atomic E-state index is 12.7. The summed E-state index contributed by atoms with van der Waals surface area (Å²) in [5.41, 5.74) is 6.39. The molecule has 0 saturated carbocycles. The van der Waals surface area contributed by atoms with E-state index in [1.165, 1.54) is 0 Å². The van der Waals surface area contributed by atoms with Crippen LogP contribution >= 0.6 is 12.4 Å². The zero-order valence-corrected chi connectivity index (χ0v) is 15.9. The smallest absolute Gasteiger partial charge is 0.254 e. The fourth-order valence-electron chi connectivity index (χ4n) is 3.10. The molecule has 7 nitrogen and oxygen atoms in total. The van der Waals surface area contributed by atoms with Crippen molar-refractivity contribution >= 4 is 18.3 Å². The van der Waals surface area contributed by atoms with Crippen LogP contribution in [-0.4, -0.2) is 40.1 Å². The van der Waals surface area contributed by atoms with Gasteiger partial charge in [-0.25, -0.2) is 0 Å². The minimum atomic E-state index is 0. The van der Waals surface area contributed by atoms with Crippen molar-refractivity contribution in [3.8, 4) is 5.75 Å². The molecule has 2 N–H and O–H groups in total. The van der Waals surface area contributed by atoms with Crippen LogP contribution in [0.1, 0.15) is 42.3 Å². The molecule has 1 aromatic heterocycles. The number of likely N-dealkylation sites (tertiary alicyclic amines) is 1. The van der Waals surface area contributed by atoms with Gasteiger partial charge in [-0.3, -0.25) is 4.79 Å². The summed E-state index contributed by atoms with van der Waals surface area (Å²) in [6.45, 7) is 5.60. The second kappa shape index (κ2) is 9.00. The summed E-state index contributed by atoms with van der Waals surface area (Å²) in [6.07, 6.45) is 1.66. The Labute approximate surface area is 159 Å². The number of benzene rings is 1. The lowest BCUT2D eigenvalue weighted by molar-refractivity contribution is 0.0743. The van der Waals surface area contributed by atoms with E-state index >= 15 is 0 Å². The highest BCUT2D eigenvalue weighted by Gasteiger charge is 2.31. The molecule has 0 spiro atoms. The van der Waals surface area contributed by atoms with E-state index in [1.54, 1.807) is 24.3 Å². The van der Waals surface area contributed by atoms with Crippen LogP contribution in [0.2, 0.25) is 0 Å². The molecular formula is C18H25ClN4O3. The van der Waals surface area contributed by atoms with E-state index in [4.69, 9.17) is 15.0 Å². The molecule has 1 fully saturated rings. The van der Waals surface area contributed by atoms with Crippen LogP contribution in [-0.2, 0) is 13.0 Å². The van der Waals surface area contributed by atoms with Crippen molar-refractivity contribution in [1.29, 1.82) is 0 Å². The van der Waals surface area contributed by atoms with E-state index in [9.17, 15) is 4.79 Å². The Morgan fingerprint density at radius 3 is 2.69 bits per heavy atom. The number of carbonyl (C=O) groups excluding carboxylic acids is 1. The fraction of sp³-hybridized carbons (Fsp3) is 0.500. The van der Waals surface area contributed by atoms with Crippen molar-refractivity contribution in [3.05, 3.63) is 41.5 Å². The first-order chi connectivity index (χ1) is 12.1. The van der Waals surface area contributed by atoms with Gasteiger partial charge >= 0.3 is 0 Å². The van der Waals surface area contributed by atoms with Gasteiger partial charge in [0.05, 0.1) is 0 Å². The number of aromatic nitrogens is 2. The van der Waals surface area contributed by atoms with Crippen molar-refractivity contribution in [1.82, 2.24) is 15.0 Å². The van der Waals surface area contributed by atoms with E-state index < -0.39 is 0 Å². The summed E-state index contributed by atoms with van der Waals surface area (Å²) in [4.78, 5) is 18.8. The second-order valence-corrected chi connectivity index (χ2v) is 6.41. The number of nitrogens with zero attached hydrogens (tertiary/aromatic N) is 3. The van der Waals surface area contributed by atoms with Gasteiger partial charge < -0.3 is 19.9 Å². The molecule has 8 heteroatoms. The zero-order chi connectivity index (χ0) is 17.8. The molecule has 2 atom stereocenters. The van der Waals surface area contributed by atoms with Gasteiger partial charge in [0, 0.05) is 24.6 Å². The number of amides is 1. The van der Waals surface area contributed by atoms with Crippen LogP contribution < -0.4 is 10.5 Å². The zero-order valence-electron chi connectivity index (χ0n) is 15.1. The van der Waals surface area contributed by atoms with Crippen LogP contribution in [0.15, 0.2) is 28.8 Å². The molecule has 0 aliphatic carbocycles. The minimum absolute atomic E-state index is 0. The quantitative estimate of drug-likeness (QED) is 0.827. The number of nitrogens with two attached hydrogens (primary N) is 1. The van der Waals surface area contributed by atoms with Gasteiger partial charge in [-0.05, 0) is 50.1 Å². The number of rotatable bonds is 6. The third kappa shape index (κ3) is 4.53. The Hall–Kier alpha value is -2.12. The number of ether oxygens (including phenoxy) is 1. The lowest BCUT2D eigenvalue weighted by atomic mass is 10.1. The lowest BCUT2D eigenvalue weighted by Gasteiger charge is -2.21. The first kappa shape index (κ1) is 20.2. The van der Waals surface area contributed by atoms with Crippen molar-refractivity contribution in [2.45, 2.75) is 39.3 Å². The molecule has 1 amide bonds. The standard InChI is InChI=1S/C18H24N4O3.ClH/c1-3-17-20-16(21-25-17)11-24-15-6-4-14(5-7-15)18(23)22-10-13(9-19)8-12(22)2;/h4-7,12-13H,3,8-11,19H2,1-2H3;1H. The van der Waals surface area contributed by atoms with Crippen LogP contribution in [0.3, 0.4) is 0 Å². The van der Waals surface area contributed by atoms with Gasteiger partial charge in [-0.1, -0.05) is 12.1 Å². The molecule has 0 bridgehead atoms. The van der Waals surface area contributed by atoms with Gasteiger partial charge in [0.25, 0.3) is 5.91 Å². The minimum Gasteiger partial charge on any atom is -0.485 e. The lowest BCUT2D eigenvalue weighted by Crippen LogP contribution is -2.34. The van der Waals surface area contributed by atoms with Gasteiger partial charge in [-0.15, -0.1) is 12.4 Å². The predicted octanol–water partition coefficient (Wildman–Crippen LogP) is 2.44. The van der Waals surface area contributed by atoms with Gasteiger partial charge in [0.15, 0.2) is 6.61 Å². The normalized spacial score (nSPS) is 19.3. The molecule has 2 aromatic rings. The molecule has 3 rings (SSSR count). The van der Waals surface area contributed by atoms with Crippen molar-refractivity contribution < 1.29 is 14.1 Å². The van der Waals surface area contributed by atoms with Crippen LogP contribution in [0.25, 0.3) is 0 Å². The summed E-state index contributed by atoms with van der Waals surface area (Å²) in [6, 6.07) is 7.37. The molecule has 0 radical (unpaired) electrons. The average Bonchev–Trinajstić information content (AvgIpc) is 3.26. The van der Waals surface area contributed by atoms with Gasteiger partial charge in [0.1, 0.15) is 5.75 Å². The third-order valence-electron chi connectivity index (χ3n) is 4.54. The van der Waals surface area contributed by atoms with Crippen molar-refractivity contribution in [2.75, 3.05) is 13.1 Å². The van der Waals surface area contributed by atoms with E-state index in [0.717, 1.165) is 13.0 Å². The highest BCUT2D eigenvalue weighted by Crippen LogP contribution is 2.25. The summed E-state index contributed by atoms with van der Waals surface area (Å²) in [7, 11) is 0. The molecular weight excluding hydrogens is 356 g/mol. The molecule has 26 heavy (non-hydrogen) atoms. The Balaban J connectivity index is 0.00000243.